The fraction of sp³-hybridized carbons (Fsp3) is 0.385. The van der Waals surface area contributed by atoms with Crippen molar-refractivity contribution in [3.05, 3.63) is 35.9 Å². The van der Waals surface area contributed by atoms with E-state index in [1.165, 1.54) is 11.3 Å². The lowest BCUT2D eigenvalue weighted by molar-refractivity contribution is 0.731. The van der Waals surface area contributed by atoms with E-state index in [1.807, 2.05) is 21.1 Å². The number of likely N-dealkylation sites (N-methyl/N-ethyl adjacent to an activating group) is 1. The Bertz CT molecular complexity index is 312. The third-order valence-corrected chi connectivity index (χ3v) is 2.44. The zero-order chi connectivity index (χ0) is 11.3. The maximum Gasteiger partial charge on any atom is 0.0361 e. The molecule has 1 aromatic rings. The van der Waals surface area contributed by atoms with E-state index >= 15 is 0 Å². The Morgan fingerprint density at radius 2 is 1.80 bits per heavy atom. The monoisotopic (exact) mass is 204 g/mol. The largest absolute Gasteiger partial charge is 0.378 e. The van der Waals surface area contributed by atoms with E-state index in [-0.39, 0.29) is 0 Å². The van der Waals surface area contributed by atoms with Gasteiger partial charge in [-0.15, -0.1) is 0 Å². The summed E-state index contributed by atoms with van der Waals surface area (Å²) in [5, 5.41) is 3.17. The summed E-state index contributed by atoms with van der Waals surface area (Å²) in [7, 11) is 6.06. The first kappa shape index (κ1) is 11.8. The van der Waals surface area contributed by atoms with Crippen molar-refractivity contribution in [2.24, 2.45) is 0 Å². The summed E-state index contributed by atoms with van der Waals surface area (Å²) >= 11 is 0. The van der Waals surface area contributed by atoms with E-state index in [0.29, 0.717) is 6.04 Å². The van der Waals surface area contributed by atoms with Gasteiger partial charge in [-0.1, -0.05) is 24.3 Å². The highest BCUT2D eigenvalue weighted by Gasteiger charge is 1.94. The average molecular weight is 204 g/mol. The van der Waals surface area contributed by atoms with Gasteiger partial charge in [0.2, 0.25) is 0 Å². The molecule has 0 aliphatic rings. The Kier molecular flexibility index (Phi) is 4.37. The van der Waals surface area contributed by atoms with Crippen LogP contribution in [-0.4, -0.2) is 27.2 Å². The summed E-state index contributed by atoms with van der Waals surface area (Å²) in [6.45, 7) is 2.13. The minimum atomic E-state index is 0.415. The second-order valence-corrected chi connectivity index (χ2v) is 3.92. The highest BCUT2D eigenvalue weighted by atomic mass is 15.1. The van der Waals surface area contributed by atoms with Gasteiger partial charge < -0.3 is 10.2 Å². The van der Waals surface area contributed by atoms with Crippen LogP contribution in [0.2, 0.25) is 0 Å². The summed E-state index contributed by atoms with van der Waals surface area (Å²) < 4.78 is 0. The molecule has 0 heterocycles. The first-order chi connectivity index (χ1) is 7.13. The van der Waals surface area contributed by atoms with E-state index in [2.05, 4.69) is 53.6 Å². The minimum Gasteiger partial charge on any atom is -0.378 e. The normalized spacial score (nSPS) is 13.1. The van der Waals surface area contributed by atoms with E-state index in [0.717, 1.165) is 0 Å². The lowest BCUT2D eigenvalue weighted by Gasteiger charge is -2.11. The average Bonchev–Trinajstić information content (AvgIpc) is 2.26. The third-order valence-electron chi connectivity index (χ3n) is 2.44. The van der Waals surface area contributed by atoms with Gasteiger partial charge in [-0.2, -0.15) is 0 Å². The molecule has 0 spiro atoms. The summed E-state index contributed by atoms with van der Waals surface area (Å²) in [6, 6.07) is 8.94. The van der Waals surface area contributed by atoms with Gasteiger partial charge in [0.05, 0.1) is 0 Å². The van der Waals surface area contributed by atoms with Crippen LogP contribution < -0.4 is 10.2 Å². The van der Waals surface area contributed by atoms with Crippen molar-refractivity contribution in [1.82, 2.24) is 5.32 Å². The molecule has 0 aromatic heterocycles. The highest BCUT2D eigenvalue weighted by molar-refractivity contribution is 5.55. The molecule has 0 aliphatic carbocycles. The van der Waals surface area contributed by atoms with Gasteiger partial charge in [0, 0.05) is 25.8 Å². The molecule has 2 heteroatoms. The number of nitrogens with zero attached hydrogens (tertiary/aromatic N) is 1. The van der Waals surface area contributed by atoms with E-state index in [9.17, 15) is 0 Å². The molecule has 0 aliphatic heterocycles. The minimum absolute atomic E-state index is 0.415. The fourth-order valence-electron chi connectivity index (χ4n) is 1.24. The lowest BCUT2D eigenvalue weighted by Crippen LogP contribution is -2.17. The molecule has 1 aromatic carbocycles. The third kappa shape index (κ3) is 3.76. The molecule has 1 unspecified atom stereocenters. The molecule has 0 saturated carbocycles. The van der Waals surface area contributed by atoms with Crippen molar-refractivity contribution in [3.8, 4) is 0 Å². The predicted molar refractivity (Wildman–Crippen MR) is 68.3 cm³/mol. The van der Waals surface area contributed by atoms with Crippen molar-refractivity contribution in [3.63, 3.8) is 0 Å². The fourth-order valence-corrected chi connectivity index (χ4v) is 1.24. The van der Waals surface area contributed by atoms with Gasteiger partial charge in [-0.3, -0.25) is 0 Å². The first-order valence-electron chi connectivity index (χ1n) is 5.26. The number of rotatable bonds is 4. The molecule has 1 atom stereocenters. The number of hydrogen-bond acceptors (Lipinski definition) is 2. The van der Waals surface area contributed by atoms with Crippen LogP contribution in [0.25, 0.3) is 6.08 Å². The summed E-state index contributed by atoms with van der Waals surface area (Å²) in [5.41, 5.74) is 2.47. The smallest absolute Gasteiger partial charge is 0.0361 e. The molecule has 0 amide bonds. The molecular weight excluding hydrogens is 184 g/mol. The van der Waals surface area contributed by atoms with Crippen molar-refractivity contribution in [2.75, 3.05) is 26.0 Å². The Hall–Kier alpha value is -1.28. The molecule has 0 saturated heterocycles. The molecule has 2 nitrogen and oxygen atoms in total. The maximum absolute atomic E-state index is 3.17. The van der Waals surface area contributed by atoms with E-state index < -0.39 is 0 Å². The molecule has 1 rings (SSSR count). The highest BCUT2D eigenvalue weighted by Crippen LogP contribution is 2.13. The van der Waals surface area contributed by atoms with Crippen LogP contribution >= 0.6 is 0 Å². The number of nitrogens with one attached hydrogen (secondary N) is 1. The van der Waals surface area contributed by atoms with Crippen molar-refractivity contribution >= 4 is 11.8 Å². The Morgan fingerprint density at radius 3 is 2.27 bits per heavy atom. The van der Waals surface area contributed by atoms with Gasteiger partial charge in [-0.05, 0) is 31.7 Å². The second-order valence-electron chi connectivity index (χ2n) is 3.92. The standard InChI is InChI=1S/C13H20N2/c1-11(14-2)5-6-12-7-9-13(10-8-12)15(3)4/h5-11,14H,1-4H3/b6-5+. The van der Waals surface area contributed by atoms with Crippen molar-refractivity contribution in [1.29, 1.82) is 0 Å². The summed E-state index contributed by atoms with van der Waals surface area (Å²) in [4.78, 5) is 2.10. The number of hydrogen-bond donors (Lipinski definition) is 1. The first-order valence-corrected chi connectivity index (χ1v) is 5.26. The van der Waals surface area contributed by atoms with Crippen LogP contribution in [0.1, 0.15) is 12.5 Å². The molecule has 82 valence electrons. The Labute approximate surface area is 92.6 Å². The van der Waals surface area contributed by atoms with E-state index in [1.54, 1.807) is 0 Å². The zero-order valence-corrected chi connectivity index (χ0v) is 9.99. The van der Waals surface area contributed by atoms with Crippen molar-refractivity contribution in [2.45, 2.75) is 13.0 Å². The summed E-state index contributed by atoms with van der Waals surface area (Å²) in [5.74, 6) is 0. The van der Waals surface area contributed by atoms with Gasteiger partial charge in [0.15, 0.2) is 0 Å². The molecule has 0 radical (unpaired) electrons. The van der Waals surface area contributed by atoms with E-state index in [4.69, 9.17) is 0 Å². The molecule has 15 heavy (non-hydrogen) atoms. The predicted octanol–water partition coefficient (Wildman–Crippen LogP) is 2.37. The Morgan fingerprint density at radius 1 is 1.20 bits per heavy atom. The van der Waals surface area contributed by atoms with Gasteiger partial charge in [0.25, 0.3) is 0 Å². The molecular formula is C13H20N2. The van der Waals surface area contributed by atoms with Crippen LogP contribution in [0.15, 0.2) is 30.3 Å². The lowest BCUT2D eigenvalue weighted by atomic mass is 10.1. The Balaban J connectivity index is 2.68. The molecule has 1 N–H and O–H groups in total. The molecule has 0 fully saturated rings. The van der Waals surface area contributed by atoms with Crippen LogP contribution in [0.4, 0.5) is 5.69 Å². The maximum atomic E-state index is 3.17. The van der Waals surface area contributed by atoms with Gasteiger partial charge >= 0.3 is 0 Å². The second kappa shape index (κ2) is 5.56. The van der Waals surface area contributed by atoms with Gasteiger partial charge in [-0.25, -0.2) is 0 Å². The topological polar surface area (TPSA) is 15.3 Å². The number of benzene rings is 1. The quantitative estimate of drug-likeness (QED) is 0.810. The van der Waals surface area contributed by atoms with Crippen molar-refractivity contribution < 1.29 is 0 Å². The zero-order valence-electron chi connectivity index (χ0n) is 9.99. The van der Waals surface area contributed by atoms with Crippen LogP contribution in [0.5, 0.6) is 0 Å². The van der Waals surface area contributed by atoms with Crippen LogP contribution in [0.3, 0.4) is 0 Å². The van der Waals surface area contributed by atoms with Gasteiger partial charge in [0.1, 0.15) is 0 Å². The van der Waals surface area contributed by atoms with Crippen LogP contribution in [0, 0.1) is 0 Å². The SMILES string of the molecule is CNC(C)/C=C/c1ccc(N(C)C)cc1. The van der Waals surface area contributed by atoms with Crippen LogP contribution in [-0.2, 0) is 0 Å². The number of anilines is 1. The summed E-state index contributed by atoms with van der Waals surface area (Å²) in [6.07, 6.45) is 4.30. The molecule has 0 bridgehead atoms.